The number of aromatic nitrogens is 1. The molecule has 0 atom stereocenters. The first kappa shape index (κ1) is 20.4. The van der Waals surface area contributed by atoms with Crippen LogP contribution in [0, 0.1) is 5.82 Å². The highest BCUT2D eigenvalue weighted by Crippen LogP contribution is 2.42. The SMILES string of the molecule is CN1CCn2c(Cl)ccc2C12CCN(C(=O)c1ccc(C(C)(C)O)c(F)c1)CC2. The number of halogens is 2. The van der Waals surface area contributed by atoms with E-state index in [1.54, 1.807) is 11.0 Å². The fourth-order valence-electron chi connectivity index (χ4n) is 4.78. The minimum atomic E-state index is -1.29. The summed E-state index contributed by atoms with van der Waals surface area (Å²) in [5.41, 5.74) is 0.301. The fourth-order valence-corrected chi connectivity index (χ4v) is 5.02. The number of piperidine rings is 1. The maximum absolute atomic E-state index is 14.4. The molecule has 0 saturated carbocycles. The van der Waals surface area contributed by atoms with E-state index in [-0.39, 0.29) is 17.0 Å². The van der Waals surface area contributed by atoms with Crippen molar-refractivity contribution in [2.45, 2.75) is 44.4 Å². The van der Waals surface area contributed by atoms with Crippen molar-refractivity contribution in [1.82, 2.24) is 14.4 Å². The van der Waals surface area contributed by atoms with Crippen LogP contribution in [-0.4, -0.2) is 52.1 Å². The second kappa shape index (κ2) is 7.11. The number of carbonyl (C=O) groups is 1. The Labute approximate surface area is 175 Å². The van der Waals surface area contributed by atoms with E-state index in [0.29, 0.717) is 18.7 Å². The van der Waals surface area contributed by atoms with Crippen molar-refractivity contribution in [1.29, 1.82) is 0 Å². The smallest absolute Gasteiger partial charge is 0.253 e. The first-order valence-electron chi connectivity index (χ1n) is 10.0. The molecule has 5 nitrogen and oxygen atoms in total. The summed E-state index contributed by atoms with van der Waals surface area (Å²) in [6.07, 6.45) is 1.61. The molecule has 4 rings (SSSR count). The topological polar surface area (TPSA) is 48.7 Å². The molecule has 1 fully saturated rings. The number of amides is 1. The number of nitrogens with zero attached hydrogens (tertiary/aromatic N) is 3. The number of fused-ring (bicyclic) bond motifs is 2. The maximum Gasteiger partial charge on any atom is 0.253 e. The molecule has 1 aromatic carbocycles. The first-order chi connectivity index (χ1) is 13.6. The molecule has 2 aliphatic rings. The second-order valence-electron chi connectivity index (χ2n) is 8.69. The molecule has 3 heterocycles. The average Bonchev–Trinajstić information content (AvgIpc) is 3.05. The van der Waals surface area contributed by atoms with Crippen molar-refractivity contribution in [2.24, 2.45) is 0 Å². The molecule has 0 unspecified atom stereocenters. The molecule has 7 heteroatoms. The Morgan fingerprint density at radius 2 is 1.83 bits per heavy atom. The highest BCUT2D eigenvalue weighted by Gasteiger charge is 2.44. The quantitative estimate of drug-likeness (QED) is 0.809. The van der Waals surface area contributed by atoms with E-state index in [1.165, 1.54) is 31.7 Å². The molecule has 1 aromatic heterocycles. The zero-order valence-corrected chi connectivity index (χ0v) is 17.8. The van der Waals surface area contributed by atoms with Crippen LogP contribution in [0.4, 0.5) is 4.39 Å². The summed E-state index contributed by atoms with van der Waals surface area (Å²) in [5.74, 6) is -0.732. The van der Waals surface area contributed by atoms with Gasteiger partial charge < -0.3 is 14.6 Å². The van der Waals surface area contributed by atoms with Gasteiger partial charge in [-0.1, -0.05) is 17.7 Å². The van der Waals surface area contributed by atoms with Gasteiger partial charge in [0.15, 0.2) is 0 Å². The van der Waals surface area contributed by atoms with E-state index in [1.807, 2.05) is 6.07 Å². The normalized spacial score (nSPS) is 19.4. The Morgan fingerprint density at radius 1 is 1.14 bits per heavy atom. The van der Waals surface area contributed by atoms with E-state index in [0.717, 1.165) is 31.1 Å². The summed E-state index contributed by atoms with van der Waals surface area (Å²) in [4.78, 5) is 17.1. The third kappa shape index (κ3) is 3.37. The first-order valence-corrected chi connectivity index (χ1v) is 10.4. The second-order valence-corrected chi connectivity index (χ2v) is 9.08. The summed E-state index contributed by atoms with van der Waals surface area (Å²) >= 11 is 6.35. The molecule has 1 spiro atoms. The van der Waals surface area contributed by atoms with Crippen molar-refractivity contribution in [3.05, 3.63) is 58.1 Å². The van der Waals surface area contributed by atoms with Crippen LogP contribution in [0.2, 0.25) is 5.15 Å². The third-order valence-corrected chi connectivity index (χ3v) is 6.88. The van der Waals surface area contributed by atoms with Gasteiger partial charge in [0.25, 0.3) is 5.91 Å². The number of hydrogen-bond donors (Lipinski definition) is 1. The Balaban J connectivity index is 1.53. The van der Waals surface area contributed by atoms with Gasteiger partial charge in [-0.2, -0.15) is 0 Å². The van der Waals surface area contributed by atoms with Crippen molar-refractivity contribution in [3.63, 3.8) is 0 Å². The standard InChI is InChI=1S/C22H27ClFN3O2/c1-21(2,29)16-5-4-15(14-17(16)24)20(28)26-10-8-22(9-11-26)18-6-7-19(23)27(18)13-12-25(22)3/h4-7,14,29H,8-13H2,1-3H3. The number of carbonyl (C=O) groups excluding carboxylic acids is 1. The third-order valence-electron chi connectivity index (χ3n) is 6.55. The number of likely N-dealkylation sites (N-methyl/N-ethyl adjacent to an activating group) is 1. The van der Waals surface area contributed by atoms with E-state index in [2.05, 4.69) is 22.6 Å². The van der Waals surface area contributed by atoms with Crippen LogP contribution in [-0.2, 0) is 17.7 Å². The highest BCUT2D eigenvalue weighted by atomic mass is 35.5. The van der Waals surface area contributed by atoms with Crippen molar-refractivity contribution < 1.29 is 14.3 Å². The van der Waals surface area contributed by atoms with Crippen molar-refractivity contribution in [3.8, 4) is 0 Å². The van der Waals surface area contributed by atoms with Gasteiger partial charge in [-0.3, -0.25) is 9.69 Å². The van der Waals surface area contributed by atoms with Crippen molar-refractivity contribution >= 4 is 17.5 Å². The summed E-state index contributed by atoms with van der Waals surface area (Å²) in [6.45, 7) is 6.04. The maximum atomic E-state index is 14.4. The van der Waals surface area contributed by atoms with E-state index < -0.39 is 11.4 Å². The molecule has 2 aromatic rings. The Kier molecular flexibility index (Phi) is 5.00. The van der Waals surface area contributed by atoms with Crippen LogP contribution in [0.1, 0.15) is 48.3 Å². The minimum absolute atomic E-state index is 0.127. The number of aliphatic hydroxyl groups is 1. The van der Waals surface area contributed by atoms with Gasteiger partial charge in [0.2, 0.25) is 0 Å². The molecule has 0 bridgehead atoms. The van der Waals surface area contributed by atoms with E-state index in [4.69, 9.17) is 11.6 Å². The lowest BCUT2D eigenvalue weighted by atomic mass is 9.81. The summed E-state index contributed by atoms with van der Waals surface area (Å²) in [5, 5.41) is 10.8. The number of likely N-dealkylation sites (tertiary alicyclic amines) is 1. The molecule has 0 radical (unpaired) electrons. The lowest BCUT2D eigenvalue weighted by Crippen LogP contribution is -2.56. The van der Waals surface area contributed by atoms with Gasteiger partial charge in [-0.15, -0.1) is 0 Å². The van der Waals surface area contributed by atoms with E-state index in [9.17, 15) is 14.3 Å². The van der Waals surface area contributed by atoms with E-state index >= 15 is 0 Å². The van der Waals surface area contributed by atoms with Gasteiger partial charge in [0.1, 0.15) is 11.0 Å². The zero-order chi connectivity index (χ0) is 21.0. The monoisotopic (exact) mass is 419 g/mol. The molecular weight excluding hydrogens is 393 g/mol. The Bertz CT molecular complexity index is 942. The molecule has 156 valence electrons. The van der Waals surface area contributed by atoms with Crippen LogP contribution in [0.25, 0.3) is 0 Å². The predicted molar refractivity (Wildman–Crippen MR) is 111 cm³/mol. The van der Waals surface area contributed by atoms with Gasteiger partial charge in [0.05, 0.1) is 11.1 Å². The molecule has 1 saturated heterocycles. The van der Waals surface area contributed by atoms with Crippen LogP contribution >= 0.6 is 11.6 Å². The average molecular weight is 420 g/mol. The molecule has 29 heavy (non-hydrogen) atoms. The lowest BCUT2D eigenvalue weighted by molar-refractivity contribution is 0.0131. The molecule has 1 amide bonds. The van der Waals surface area contributed by atoms with Crippen LogP contribution in [0.5, 0.6) is 0 Å². The molecule has 1 N–H and O–H groups in total. The lowest BCUT2D eigenvalue weighted by Gasteiger charge is -2.50. The zero-order valence-electron chi connectivity index (χ0n) is 17.1. The summed E-state index contributed by atoms with van der Waals surface area (Å²) in [7, 11) is 2.13. The van der Waals surface area contributed by atoms with Gasteiger partial charge in [0, 0.05) is 43.0 Å². The number of hydrogen-bond acceptors (Lipinski definition) is 3. The summed E-state index contributed by atoms with van der Waals surface area (Å²) in [6, 6.07) is 8.37. The number of rotatable bonds is 2. The highest BCUT2D eigenvalue weighted by molar-refractivity contribution is 6.29. The van der Waals surface area contributed by atoms with Crippen LogP contribution in [0.3, 0.4) is 0 Å². The molecule has 2 aliphatic heterocycles. The molecular formula is C22H27ClFN3O2. The number of benzene rings is 1. The largest absolute Gasteiger partial charge is 0.386 e. The summed E-state index contributed by atoms with van der Waals surface area (Å²) < 4.78 is 16.6. The van der Waals surface area contributed by atoms with Crippen molar-refractivity contribution in [2.75, 3.05) is 26.7 Å². The predicted octanol–water partition coefficient (Wildman–Crippen LogP) is 3.58. The fraction of sp³-hybridized carbons (Fsp3) is 0.500. The Hall–Kier alpha value is -1.89. The Morgan fingerprint density at radius 3 is 2.45 bits per heavy atom. The van der Waals surface area contributed by atoms with Gasteiger partial charge in [-0.05, 0) is 58.0 Å². The van der Waals surface area contributed by atoms with Gasteiger partial charge >= 0.3 is 0 Å². The minimum Gasteiger partial charge on any atom is -0.386 e. The van der Waals surface area contributed by atoms with Crippen LogP contribution < -0.4 is 0 Å². The molecule has 0 aliphatic carbocycles. The van der Waals surface area contributed by atoms with Gasteiger partial charge in [-0.25, -0.2) is 4.39 Å². The van der Waals surface area contributed by atoms with Crippen LogP contribution in [0.15, 0.2) is 30.3 Å².